The number of hydrogen-bond donors (Lipinski definition) is 3. The molecule has 6 rings (SSSR count). The third-order valence-electron chi connectivity index (χ3n) is 7.47. The van der Waals surface area contributed by atoms with Gasteiger partial charge in [-0.1, -0.05) is 25.1 Å². The van der Waals surface area contributed by atoms with Gasteiger partial charge in [0, 0.05) is 34.8 Å². The zero-order chi connectivity index (χ0) is 27.3. The fraction of sp³-hybridized carbons (Fsp3) is 0.200. The maximum Gasteiger partial charge on any atom is 0.256 e. The Morgan fingerprint density at radius 3 is 2.62 bits per heavy atom. The van der Waals surface area contributed by atoms with E-state index in [1.54, 1.807) is 12.1 Å². The molecule has 9 heteroatoms. The summed E-state index contributed by atoms with van der Waals surface area (Å²) in [5.74, 6) is -1.34. The number of carbonyl (C=O) groups excluding carboxylic acids is 3. The smallest absolute Gasteiger partial charge is 0.256 e. The Balaban J connectivity index is 1.40. The fourth-order valence-corrected chi connectivity index (χ4v) is 5.26. The first-order valence-electron chi connectivity index (χ1n) is 12.6. The molecule has 2 aliphatic rings. The topological polar surface area (TPSA) is 113 Å². The minimum Gasteiger partial charge on any atom is -0.494 e. The van der Waals surface area contributed by atoms with Gasteiger partial charge in [-0.3, -0.25) is 14.4 Å². The van der Waals surface area contributed by atoms with Crippen LogP contribution >= 0.6 is 0 Å². The molecule has 2 aromatic heterocycles. The quantitative estimate of drug-likeness (QED) is 0.291. The van der Waals surface area contributed by atoms with Gasteiger partial charge in [-0.25, -0.2) is 9.37 Å². The minimum absolute atomic E-state index is 0.0403. The van der Waals surface area contributed by atoms with E-state index in [2.05, 4.69) is 20.6 Å². The zero-order valence-electron chi connectivity index (χ0n) is 21.2. The maximum atomic E-state index is 13.8. The molecule has 1 amide bonds. The molecular formula is C30H25FN4O4. The second-order valence-electron chi connectivity index (χ2n) is 9.87. The summed E-state index contributed by atoms with van der Waals surface area (Å²) in [6, 6.07) is 16.6. The van der Waals surface area contributed by atoms with Gasteiger partial charge in [0.1, 0.15) is 5.82 Å². The molecule has 3 atom stereocenters. The summed E-state index contributed by atoms with van der Waals surface area (Å²) >= 11 is 0. The van der Waals surface area contributed by atoms with Crippen LogP contribution in [0.15, 0.2) is 66.9 Å². The van der Waals surface area contributed by atoms with Crippen LogP contribution in [0.25, 0.3) is 11.3 Å². The molecule has 39 heavy (non-hydrogen) atoms. The lowest BCUT2D eigenvalue weighted by Crippen LogP contribution is -2.14. The number of carbonyl (C=O) groups is 3. The SMILES string of the molecule is COc1cc(C(=O)Nc2cc(-c3[nH]c4c(c3Nc3ccccc3)C(=O)[C@H]3CC3[C@H](C)C4=O)ccn2)ccc1F. The van der Waals surface area contributed by atoms with Crippen molar-refractivity contribution in [2.45, 2.75) is 13.3 Å². The Labute approximate surface area is 223 Å². The normalized spacial score (nSPS) is 19.5. The number of ether oxygens (including phenoxy) is 1. The second kappa shape index (κ2) is 9.50. The molecule has 2 heterocycles. The monoisotopic (exact) mass is 524 g/mol. The van der Waals surface area contributed by atoms with Gasteiger partial charge in [-0.15, -0.1) is 0 Å². The van der Waals surface area contributed by atoms with Gasteiger partial charge in [0.25, 0.3) is 5.91 Å². The van der Waals surface area contributed by atoms with Crippen LogP contribution in [0.3, 0.4) is 0 Å². The van der Waals surface area contributed by atoms with E-state index in [1.165, 1.54) is 25.4 Å². The lowest BCUT2D eigenvalue weighted by atomic mass is 9.98. The lowest BCUT2D eigenvalue weighted by molar-refractivity contribution is 0.0910. The van der Waals surface area contributed by atoms with E-state index in [0.29, 0.717) is 28.2 Å². The number of aromatic nitrogens is 2. The molecule has 3 N–H and O–H groups in total. The average molecular weight is 525 g/mol. The van der Waals surface area contributed by atoms with Crippen molar-refractivity contribution in [2.75, 3.05) is 17.7 Å². The number of halogens is 1. The maximum absolute atomic E-state index is 13.8. The van der Waals surface area contributed by atoms with Gasteiger partial charge in [0.05, 0.1) is 29.7 Å². The van der Waals surface area contributed by atoms with Crippen molar-refractivity contribution in [2.24, 2.45) is 17.8 Å². The van der Waals surface area contributed by atoms with Crippen LogP contribution in [-0.4, -0.2) is 34.6 Å². The molecule has 2 aliphatic carbocycles. The highest BCUT2D eigenvalue weighted by Crippen LogP contribution is 2.52. The van der Waals surface area contributed by atoms with Gasteiger partial charge in [0.2, 0.25) is 0 Å². The molecule has 196 valence electrons. The Bertz CT molecular complexity index is 1630. The molecular weight excluding hydrogens is 499 g/mol. The van der Waals surface area contributed by atoms with Crippen molar-refractivity contribution in [1.82, 2.24) is 9.97 Å². The Kier molecular flexibility index (Phi) is 5.98. The average Bonchev–Trinajstić information content (AvgIpc) is 3.68. The number of hydrogen-bond acceptors (Lipinski definition) is 6. The first-order chi connectivity index (χ1) is 18.9. The summed E-state index contributed by atoms with van der Waals surface area (Å²) < 4.78 is 18.8. The number of nitrogens with zero attached hydrogens (tertiary/aromatic N) is 1. The van der Waals surface area contributed by atoms with E-state index in [0.717, 1.165) is 18.2 Å². The summed E-state index contributed by atoms with van der Waals surface area (Å²) in [6.07, 6.45) is 2.24. The zero-order valence-corrected chi connectivity index (χ0v) is 21.2. The second-order valence-corrected chi connectivity index (χ2v) is 9.87. The summed E-state index contributed by atoms with van der Waals surface area (Å²) in [7, 11) is 1.32. The van der Waals surface area contributed by atoms with Gasteiger partial charge in [-0.05, 0) is 54.8 Å². The number of rotatable bonds is 6. The molecule has 0 bridgehead atoms. The van der Waals surface area contributed by atoms with Crippen LogP contribution < -0.4 is 15.4 Å². The summed E-state index contributed by atoms with van der Waals surface area (Å²) in [6.45, 7) is 1.88. The molecule has 2 aromatic carbocycles. The Hall–Kier alpha value is -4.79. The number of Topliss-reactive ketones (excluding diaryl/α,β-unsaturated/α-hetero) is 2. The van der Waals surface area contributed by atoms with Crippen LogP contribution in [-0.2, 0) is 0 Å². The van der Waals surface area contributed by atoms with Crippen LogP contribution in [0.5, 0.6) is 5.75 Å². The van der Waals surface area contributed by atoms with Gasteiger partial charge in [0.15, 0.2) is 23.1 Å². The molecule has 0 radical (unpaired) electrons. The summed E-state index contributed by atoms with van der Waals surface area (Å²) in [4.78, 5) is 47.3. The number of anilines is 3. The molecule has 1 fully saturated rings. The number of fused-ring (bicyclic) bond motifs is 2. The summed E-state index contributed by atoms with van der Waals surface area (Å²) in [5.41, 5.74) is 3.30. The van der Waals surface area contributed by atoms with E-state index < -0.39 is 11.7 Å². The number of para-hydroxylation sites is 1. The molecule has 4 aromatic rings. The van der Waals surface area contributed by atoms with Crippen molar-refractivity contribution in [3.05, 3.63) is 89.5 Å². The van der Waals surface area contributed by atoms with Crippen LogP contribution in [0, 0.1) is 23.6 Å². The number of ketones is 2. The number of benzene rings is 2. The first kappa shape index (κ1) is 24.5. The van der Waals surface area contributed by atoms with Gasteiger partial charge < -0.3 is 20.4 Å². The third-order valence-corrected chi connectivity index (χ3v) is 7.47. The highest BCUT2D eigenvalue weighted by molar-refractivity contribution is 6.18. The number of amides is 1. The molecule has 0 spiro atoms. The molecule has 0 aliphatic heterocycles. The Morgan fingerprint density at radius 1 is 1.05 bits per heavy atom. The minimum atomic E-state index is -0.574. The third kappa shape index (κ3) is 4.35. The van der Waals surface area contributed by atoms with Crippen molar-refractivity contribution >= 4 is 34.7 Å². The number of H-pyrrole nitrogens is 1. The number of aromatic amines is 1. The van der Waals surface area contributed by atoms with Crippen molar-refractivity contribution in [3.8, 4) is 17.0 Å². The van der Waals surface area contributed by atoms with Crippen molar-refractivity contribution < 1.29 is 23.5 Å². The van der Waals surface area contributed by atoms with E-state index in [9.17, 15) is 18.8 Å². The highest BCUT2D eigenvalue weighted by Gasteiger charge is 2.53. The molecule has 1 unspecified atom stereocenters. The number of methoxy groups -OCH3 is 1. The number of pyridine rings is 1. The highest BCUT2D eigenvalue weighted by atomic mass is 19.1. The van der Waals surface area contributed by atoms with Crippen LogP contribution in [0.4, 0.5) is 21.6 Å². The summed E-state index contributed by atoms with van der Waals surface area (Å²) in [5, 5.41) is 6.08. The Morgan fingerprint density at radius 2 is 1.85 bits per heavy atom. The predicted octanol–water partition coefficient (Wildman–Crippen LogP) is 5.87. The molecule has 0 saturated heterocycles. The molecule has 8 nitrogen and oxygen atoms in total. The van der Waals surface area contributed by atoms with Crippen molar-refractivity contribution in [3.63, 3.8) is 0 Å². The number of nitrogens with one attached hydrogen (secondary N) is 3. The van der Waals surface area contributed by atoms with Crippen LogP contribution in [0.2, 0.25) is 0 Å². The predicted molar refractivity (Wildman–Crippen MR) is 144 cm³/mol. The lowest BCUT2D eigenvalue weighted by Gasteiger charge is -2.12. The van der Waals surface area contributed by atoms with Crippen LogP contribution in [0.1, 0.15) is 44.5 Å². The van der Waals surface area contributed by atoms with E-state index in [-0.39, 0.29) is 46.5 Å². The standard InChI is InChI=1S/C30H25FN4O4/c1-15-19-14-20(19)29(37)24-26(33-18-6-4-3-5-7-18)25(35-27(24)28(15)36)16-10-11-32-23(13-16)34-30(38)17-8-9-21(31)22(12-17)39-2/h3-13,15,19-20,33,35H,14H2,1-2H3,(H,32,34,38)/t15-,19?,20-/m0/s1. The van der Waals surface area contributed by atoms with E-state index in [4.69, 9.17) is 4.74 Å². The van der Waals surface area contributed by atoms with Gasteiger partial charge >= 0.3 is 0 Å². The molecule has 1 saturated carbocycles. The largest absolute Gasteiger partial charge is 0.494 e. The first-order valence-corrected chi connectivity index (χ1v) is 12.6. The van der Waals surface area contributed by atoms with E-state index >= 15 is 0 Å². The fourth-order valence-electron chi connectivity index (χ4n) is 5.26. The van der Waals surface area contributed by atoms with Gasteiger partial charge in [-0.2, -0.15) is 0 Å². The van der Waals surface area contributed by atoms with E-state index in [1.807, 2.05) is 37.3 Å². The van der Waals surface area contributed by atoms with Crippen molar-refractivity contribution in [1.29, 1.82) is 0 Å².